The number of para-hydroxylation sites is 1. The number of hydrogen-bond donors (Lipinski definition) is 3. The van der Waals surface area contributed by atoms with Crippen molar-refractivity contribution < 1.29 is 28.2 Å². The van der Waals surface area contributed by atoms with Crippen molar-refractivity contribution in [2.24, 2.45) is 5.10 Å². The van der Waals surface area contributed by atoms with Gasteiger partial charge in [-0.3, -0.25) is 14.4 Å². The van der Waals surface area contributed by atoms with E-state index in [2.05, 4.69) is 21.2 Å². The summed E-state index contributed by atoms with van der Waals surface area (Å²) in [7, 11) is 0. The molecule has 168 valence electrons. The van der Waals surface area contributed by atoms with Gasteiger partial charge in [-0.15, -0.1) is 0 Å². The second kappa shape index (κ2) is 11.6. The Bertz CT molecular complexity index is 975. The fourth-order valence-electron chi connectivity index (χ4n) is 2.90. The van der Waals surface area contributed by atoms with Crippen LogP contribution < -0.4 is 20.8 Å². The largest absolute Gasteiger partial charge is 0.483 e. The minimum Gasteiger partial charge on any atom is -0.483 e. The van der Waals surface area contributed by atoms with E-state index in [9.17, 15) is 18.8 Å². The molecular formula is C22H23FN4O5. The first-order chi connectivity index (χ1) is 15.5. The molecular weight excluding hydrogens is 419 g/mol. The Hall–Kier alpha value is -3.79. The number of ether oxygens (including phenoxy) is 2. The van der Waals surface area contributed by atoms with Crippen LogP contribution in [0, 0.1) is 5.82 Å². The molecule has 1 atom stereocenters. The smallest absolute Gasteiger partial charge is 0.329 e. The lowest BCUT2D eigenvalue weighted by Crippen LogP contribution is -2.41. The Kier molecular flexibility index (Phi) is 8.27. The molecule has 10 heteroatoms. The Morgan fingerprint density at radius 3 is 2.66 bits per heavy atom. The summed E-state index contributed by atoms with van der Waals surface area (Å²) in [5.41, 5.74) is 3.08. The zero-order valence-electron chi connectivity index (χ0n) is 17.2. The molecule has 3 amide bonds. The van der Waals surface area contributed by atoms with Gasteiger partial charge >= 0.3 is 11.8 Å². The molecule has 0 spiro atoms. The molecule has 0 unspecified atom stereocenters. The number of halogens is 1. The van der Waals surface area contributed by atoms with Gasteiger partial charge in [0.1, 0.15) is 11.6 Å². The second-order valence-corrected chi connectivity index (χ2v) is 6.93. The molecule has 1 aliphatic rings. The van der Waals surface area contributed by atoms with Gasteiger partial charge in [0.15, 0.2) is 6.61 Å². The van der Waals surface area contributed by atoms with Crippen LogP contribution in [0.3, 0.4) is 0 Å². The quantitative estimate of drug-likeness (QED) is 0.326. The van der Waals surface area contributed by atoms with E-state index in [-0.39, 0.29) is 19.3 Å². The summed E-state index contributed by atoms with van der Waals surface area (Å²) >= 11 is 0. The van der Waals surface area contributed by atoms with Gasteiger partial charge in [0.05, 0.1) is 12.3 Å². The molecule has 2 aromatic carbocycles. The maximum Gasteiger partial charge on any atom is 0.329 e. The summed E-state index contributed by atoms with van der Waals surface area (Å²) in [6, 6.07) is 12.1. The predicted octanol–water partition coefficient (Wildman–Crippen LogP) is 1.59. The first-order valence-electron chi connectivity index (χ1n) is 10.0. The monoisotopic (exact) mass is 442 g/mol. The van der Waals surface area contributed by atoms with Gasteiger partial charge in [0.2, 0.25) is 0 Å². The second-order valence-electron chi connectivity index (χ2n) is 6.93. The zero-order valence-corrected chi connectivity index (χ0v) is 17.2. The first kappa shape index (κ1) is 22.9. The van der Waals surface area contributed by atoms with Gasteiger partial charge in [-0.05, 0) is 49.2 Å². The van der Waals surface area contributed by atoms with Crippen LogP contribution in [0.2, 0.25) is 0 Å². The molecule has 1 aliphatic heterocycles. The molecule has 0 aromatic heterocycles. The number of hydrazone groups is 1. The van der Waals surface area contributed by atoms with Crippen molar-refractivity contribution in [3.05, 3.63) is 59.9 Å². The lowest BCUT2D eigenvalue weighted by molar-refractivity contribution is -0.139. The van der Waals surface area contributed by atoms with Crippen LogP contribution in [0.1, 0.15) is 18.4 Å². The third kappa shape index (κ3) is 7.17. The van der Waals surface area contributed by atoms with E-state index in [0.717, 1.165) is 12.8 Å². The van der Waals surface area contributed by atoms with E-state index in [0.29, 0.717) is 23.6 Å². The van der Waals surface area contributed by atoms with E-state index in [1.807, 2.05) is 0 Å². The fraction of sp³-hybridized carbons (Fsp3) is 0.273. The third-order valence-electron chi connectivity index (χ3n) is 4.50. The van der Waals surface area contributed by atoms with Crippen molar-refractivity contribution in [1.82, 2.24) is 10.7 Å². The molecule has 0 aliphatic carbocycles. The standard InChI is InChI=1S/C22H23FN4O5/c23-16-7-9-17(10-8-16)26-20(28)14-32-19-6-2-1-4-15(19)12-25-27-22(30)21(29)24-13-18-5-3-11-31-18/h1-2,4,6-10,12,18H,3,5,11,13-14H2,(H,24,29)(H,26,28)(H,27,30)/b25-12-/t18-/m1/s1. The Morgan fingerprint density at radius 1 is 1.12 bits per heavy atom. The molecule has 1 heterocycles. The van der Waals surface area contributed by atoms with Crippen molar-refractivity contribution in [3.8, 4) is 5.75 Å². The van der Waals surface area contributed by atoms with Crippen LogP contribution >= 0.6 is 0 Å². The SMILES string of the molecule is O=C(COc1ccccc1/C=N\NC(=O)C(=O)NC[C@H]1CCCO1)Nc1ccc(F)cc1. The van der Waals surface area contributed by atoms with E-state index in [1.54, 1.807) is 24.3 Å². The lowest BCUT2D eigenvalue weighted by atomic mass is 10.2. The Morgan fingerprint density at radius 2 is 1.91 bits per heavy atom. The topological polar surface area (TPSA) is 118 Å². The minimum absolute atomic E-state index is 0.0699. The summed E-state index contributed by atoms with van der Waals surface area (Å²) < 4.78 is 23.8. The number of carbonyl (C=O) groups is 3. The van der Waals surface area contributed by atoms with E-state index < -0.39 is 23.5 Å². The van der Waals surface area contributed by atoms with Gasteiger partial charge in [0, 0.05) is 24.4 Å². The lowest BCUT2D eigenvalue weighted by Gasteiger charge is -2.10. The number of anilines is 1. The maximum atomic E-state index is 12.9. The van der Waals surface area contributed by atoms with E-state index >= 15 is 0 Å². The number of carbonyl (C=O) groups excluding carboxylic acids is 3. The van der Waals surface area contributed by atoms with Gasteiger partial charge in [0.25, 0.3) is 5.91 Å². The van der Waals surface area contributed by atoms with Crippen LogP contribution in [-0.2, 0) is 19.1 Å². The molecule has 1 fully saturated rings. The Balaban J connectivity index is 1.46. The summed E-state index contributed by atoms with van der Waals surface area (Å²) in [5.74, 6) is -2.20. The van der Waals surface area contributed by atoms with Crippen molar-refractivity contribution >= 4 is 29.6 Å². The van der Waals surface area contributed by atoms with Crippen molar-refractivity contribution in [2.75, 3.05) is 25.1 Å². The highest BCUT2D eigenvalue weighted by Gasteiger charge is 2.19. The van der Waals surface area contributed by atoms with Crippen LogP contribution in [0.4, 0.5) is 10.1 Å². The third-order valence-corrected chi connectivity index (χ3v) is 4.50. The highest BCUT2D eigenvalue weighted by Crippen LogP contribution is 2.16. The van der Waals surface area contributed by atoms with Crippen LogP contribution in [0.25, 0.3) is 0 Å². The highest BCUT2D eigenvalue weighted by molar-refractivity contribution is 6.35. The van der Waals surface area contributed by atoms with E-state index in [4.69, 9.17) is 9.47 Å². The van der Waals surface area contributed by atoms with Gasteiger partial charge < -0.3 is 20.1 Å². The molecule has 0 radical (unpaired) electrons. The number of nitrogens with one attached hydrogen (secondary N) is 3. The predicted molar refractivity (Wildman–Crippen MR) is 115 cm³/mol. The van der Waals surface area contributed by atoms with Gasteiger partial charge in [-0.2, -0.15) is 5.10 Å². The number of rotatable bonds is 8. The summed E-state index contributed by atoms with van der Waals surface area (Å²) in [6.45, 7) is 0.638. The maximum absolute atomic E-state index is 12.9. The summed E-state index contributed by atoms with van der Waals surface area (Å²) in [5, 5.41) is 8.86. The minimum atomic E-state index is -0.906. The first-order valence-corrected chi connectivity index (χ1v) is 10.0. The molecule has 3 rings (SSSR count). The highest BCUT2D eigenvalue weighted by atomic mass is 19.1. The Labute approximate surface area is 184 Å². The number of hydrogen-bond acceptors (Lipinski definition) is 6. The average Bonchev–Trinajstić information content (AvgIpc) is 3.32. The number of nitrogens with zero attached hydrogens (tertiary/aromatic N) is 1. The molecule has 9 nitrogen and oxygen atoms in total. The van der Waals surface area contributed by atoms with Crippen molar-refractivity contribution in [2.45, 2.75) is 18.9 Å². The average molecular weight is 442 g/mol. The molecule has 32 heavy (non-hydrogen) atoms. The molecule has 1 saturated heterocycles. The van der Waals surface area contributed by atoms with Crippen LogP contribution in [0.15, 0.2) is 53.6 Å². The van der Waals surface area contributed by atoms with Crippen molar-refractivity contribution in [3.63, 3.8) is 0 Å². The van der Waals surface area contributed by atoms with Crippen molar-refractivity contribution in [1.29, 1.82) is 0 Å². The summed E-state index contributed by atoms with van der Waals surface area (Å²) in [6.07, 6.45) is 3.02. The zero-order chi connectivity index (χ0) is 22.8. The van der Waals surface area contributed by atoms with Gasteiger partial charge in [-0.1, -0.05) is 12.1 Å². The fourth-order valence-corrected chi connectivity index (χ4v) is 2.90. The van der Waals surface area contributed by atoms with Crippen LogP contribution in [-0.4, -0.2) is 49.8 Å². The molecule has 3 N–H and O–H groups in total. The number of benzene rings is 2. The van der Waals surface area contributed by atoms with E-state index in [1.165, 1.54) is 30.5 Å². The molecule has 0 bridgehead atoms. The normalized spacial score (nSPS) is 15.3. The molecule has 0 saturated carbocycles. The van der Waals surface area contributed by atoms with Crippen LogP contribution in [0.5, 0.6) is 5.75 Å². The summed E-state index contributed by atoms with van der Waals surface area (Å²) in [4.78, 5) is 35.7. The molecule has 2 aromatic rings. The van der Waals surface area contributed by atoms with Gasteiger partial charge in [-0.25, -0.2) is 9.82 Å². The number of amides is 3.